The summed E-state index contributed by atoms with van der Waals surface area (Å²) in [6.07, 6.45) is -10.9. The van der Waals surface area contributed by atoms with E-state index in [0.717, 1.165) is 0 Å². The van der Waals surface area contributed by atoms with E-state index in [2.05, 4.69) is 5.32 Å². The minimum Gasteiger partial charge on any atom is -0.409 e. The van der Waals surface area contributed by atoms with Gasteiger partial charge in [-0.05, 0) is 43.8 Å². The van der Waals surface area contributed by atoms with E-state index >= 15 is 0 Å². The first-order valence-corrected chi connectivity index (χ1v) is 10.2. The summed E-state index contributed by atoms with van der Waals surface area (Å²) in [4.78, 5) is 26.5. The Morgan fingerprint density at radius 1 is 0.941 bits per heavy atom. The van der Waals surface area contributed by atoms with Gasteiger partial charge in [-0.1, -0.05) is 19.1 Å². The minimum atomic E-state index is -5.07. The van der Waals surface area contributed by atoms with Crippen molar-refractivity contribution in [3.63, 3.8) is 0 Å². The number of ether oxygens (including phenoxy) is 1. The Morgan fingerprint density at radius 3 is 2.06 bits per heavy atom. The van der Waals surface area contributed by atoms with Crippen LogP contribution in [0.25, 0.3) is 0 Å². The molecule has 0 fully saturated rings. The molecule has 0 unspecified atom stereocenters. The van der Waals surface area contributed by atoms with Crippen molar-refractivity contribution >= 4 is 17.7 Å². The molecule has 2 aromatic rings. The third-order valence-electron chi connectivity index (χ3n) is 4.62. The van der Waals surface area contributed by atoms with Crippen molar-refractivity contribution in [2.45, 2.75) is 26.2 Å². The van der Waals surface area contributed by atoms with Crippen LogP contribution < -0.4 is 15.4 Å². The predicted octanol–water partition coefficient (Wildman–Crippen LogP) is 5.41. The number of hydrogen-bond acceptors (Lipinski definition) is 4. The van der Waals surface area contributed by atoms with Crippen molar-refractivity contribution in [3.8, 4) is 5.75 Å². The first-order valence-electron chi connectivity index (χ1n) is 10.2. The lowest BCUT2D eigenvalue weighted by atomic mass is 10.1. The quantitative estimate of drug-likeness (QED) is 0.383. The van der Waals surface area contributed by atoms with Crippen molar-refractivity contribution in [2.75, 3.05) is 31.5 Å². The summed E-state index contributed by atoms with van der Waals surface area (Å²) in [6, 6.07) is 6.12. The van der Waals surface area contributed by atoms with Crippen LogP contribution in [0.2, 0.25) is 0 Å². The van der Waals surface area contributed by atoms with Gasteiger partial charge in [0.05, 0.1) is 16.7 Å². The zero-order valence-electron chi connectivity index (χ0n) is 18.3. The molecule has 186 valence electrons. The van der Waals surface area contributed by atoms with Gasteiger partial charge in [0.2, 0.25) is 0 Å². The van der Waals surface area contributed by atoms with Crippen molar-refractivity contribution in [3.05, 3.63) is 59.2 Å². The Kier molecular flexibility index (Phi) is 8.91. The highest BCUT2D eigenvalue weighted by Gasteiger charge is 2.37. The predicted molar refractivity (Wildman–Crippen MR) is 113 cm³/mol. The number of halogens is 6. The number of hydrogen-bond donors (Lipinski definition) is 2. The number of nitrogens with one attached hydrogen (secondary N) is 2. The van der Waals surface area contributed by atoms with Gasteiger partial charge in [0, 0.05) is 25.3 Å². The molecule has 0 saturated heterocycles. The zero-order chi connectivity index (χ0) is 25.5. The maximum absolute atomic E-state index is 13.1. The fraction of sp³-hybridized carbons (Fsp3) is 0.364. The molecule has 2 aromatic carbocycles. The number of para-hydroxylation sites is 1. The average Bonchev–Trinajstić information content (AvgIpc) is 2.75. The summed E-state index contributed by atoms with van der Waals surface area (Å²) < 4.78 is 83.7. The smallest absolute Gasteiger partial charge is 0.409 e. The zero-order valence-corrected chi connectivity index (χ0v) is 18.3. The van der Waals surface area contributed by atoms with Gasteiger partial charge in [0.25, 0.3) is 5.91 Å². The Balaban J connectivity index is 2.29. The van der Waals surface area contributed by atoms with Crippen molar-refractivity contribution < 1.29 is 40.7 Å². The van der Waals surface area contributed by atoms with Gasteiger partial charge in [-0.3, -0.25) is 4.79 Å². The van der Waals surface area contributed by atoms with Crippen LogP contribution >= 0.6 is 0 Å². The molecule has 6 nitrogen and oxygen atoms in total. The van der Waals surface area contributed by atoms with Crippen molar-refractivity contribution in [1.29, 1.82) is 0 Å². The Labute approximate surface area is 191 Å². The molecule has 0 aliphatic carbocycles. The van der Waals surface area contributed by atoms with Crippen LogP contribution in [0.1, 0.15) is 35.3 Å². The molecule has 0 heterocycles. The number of rotatable bonds is 8. The molecule has 0 aromatic heterocycles. The van der Waals surface area contributed by atoms with E-state index in [-0.39, 0.29) is 17.4 Å². The van der Waals surface area contributed by atoms with Gasteiger partial charge >= 0.3 is 18.4 Å². The van der Waals surface area contributed by atoms with Crippen molar-refractivity contribution in [2.24, 2.45) is 0 Å². The van der Waals surface area contributed by atoms with Gasteiger partial charge in [-0.15, -0.1) is 0 Å². The molecule has 2 amide bonds. The van der Waals surface area contributed by atoms with Crippen LogP contribution in [0.3, 0.4) is 0 Å². The molecule has 0 radical (unpaired) electrons. The van der Waals surface area contributed by atoms with E-state index in [1.165, 1.54) is 29.2 Å². The highest BCUT2D eigenvalue weighted by molar-refractivity contribution is 6.06. The molecule has 0 spiro atoms. The van der Waals surface area contributed by atoms with Crippen LogP contribution in [0.4, 0.5) is 36.8 Å². The van der Waals surface area contributed by atoms with E-state index in [4.69, 9.17) is 4.74 Å². The molecular formula is C22H23F6N3O3. The van der Waals surface area contributed by atoms with E-state index in [1.807, 2.05) is 12.2 Å². The number of carbonyl (C=O) groups is 2. The van der Waals surface area contributed by atoms with Gasteiger partial charge in [-0.2, -0.15) is 26.3 Å². The topological polar surface area (TPSA) is 70.7 Å². The second kappa shape index (κ2) is 11.2. The van der Waals surface area contributed by atoms with Crippen LogP contribution in [-0.2, 0) is 12.4 Å². The minimum absolute atomic E-state index is 0.0435. The highest BCUT2D eigenvalue weighted by atomic mass is 19.4. The van der Waals surface area contributed by atoms with Gasteiger partial charge in [0.15, 0.2) is 0 Å². The maximum Gasteiger partial charge on any atom is 0.416 e. The summed E-state index contributed by atoms with van der Waals surface area (Å²) in [5, 5.41) is 5.07. The van der Waals surface area contributed by atoms with E-state index in [0.29, 0.717) is 38.3 Å². The summed E-state index contributed by atoms with van der Waals surface area (Å²) in [5.74, 6) is -1.25. The van der Waals surface area contributed by atoms with E-state index in [1.54, 1.807) is 6.92 Å². The number of nitrogens with zero attached hydrogens (tertiary/aromatic N) is 1. The first kappa shape index (κ1) is 27.0. The van der Waals surface area contributed by atoms with Crippen LogP contribution in [-0.4, -0.2) is 43.1 Å². The fourth-order valence-electron chi connectivity index (χ4n) is 2.90. The summed E-state index contributed by atoms with van der Waals surface area (Å²) in [7, 11) is 0. The SMILES string of the molecule is CCNCCN(CC)C(=O)Oc1ccccc1C(=O)Nc1cc(C(F)(F)F)cc(C(F)(F)F)c1. The van der Waals surface area contributed by atoms with Crippen LogP contribution in [0, 0.1) is 0 Å². The normalized spacial score (nSPS) is 11.8. The Morgan fingerprint density at radius 2 is 1.53 bits per heavy atom. The molecule has 2 rings (SSSR count). The maximum atomic E-state index is 13.1. The number of carbonyl (C=O) groups excluding carboxylic acids is 2. The number of benzene rings is 2. The van der Waals surface area contributed by atoms with Gasteiger partial charge in [-0.25, -0.2) is 4.79 Å². The van der Waals surface area contributed by atoms with Crippen LogP contribution in [0.5, 0.6) is 5.75 Å². The third-order valence-corrected chi connectivity index (χ3v) is 4.62. The number of alkyl halides is 6. The third kappa shape index (κ3) is 7.37. The molecule has 34 heavy (non-hydrogen) atoms. The monoisotopic (exact) mass is 491 g/mol. The lowest BCUT2D eigenvalue weighted by Gasteiger charge is -2.21. The molecular weight excluding hydrogens is 468 g/mol. The lowest BCUT2D eigenvalue weighted by Crippen LogP contribution is -2.38. The summed E-state index contributed by atoms with van der Waals surface area (Å²) in [5.41, 5.74) is -4.10. The lowest BCUT2D eigenvalue weighted by molar-refractivity contribution is -0.143. The summed E-state index contributed by atoms with van der Waals surface area (Å²) >= 11 is 0. The molecule has 0 aliphatic heterocycles. The fourth-order valence-corrected chi connectivity index (χ4v) is 2.90. The molecule has 2 N–H and O–H groups in total. The average molecular weight is 491 g/mol. The Bertz CT molecular complexity index is 976. The molecule has 0 atom stereocenters. The number of likely N-dealkylation sites (N-methyl/N-ethyl adjacent to an activating group) is 2. The molecule has 0 saturated carbocycles. The van der Waals surface area contributed by atoms with Gasteiger partial charge < -0.3 is 20.3 Å². The number of anilines is 1. The molecule has 0 aliphatic rings. The standard InChI is InChI=1S/C22H23F6N3O3/c1-3-29-9-10-31(4-2)20(33)34-18-8-6-5-7-17(18)19(32)30-16-12-14(21(23,24)25)11-15(13-16)22(26,27)28/h5-8,11-13,29H,3-4,9-10H2,1-2H3,(H,30,32). The van der Waals surface area contributed by atoms with Crippen molar-refractivity contribution in [1.82, 2.24) is 10.2 Å². The second-order valence-electron chi connectivity index (χ2n) is 7.05. The van der Waals surface area contributed by atoms with Crippen LogP contribution in [0.15, 0.2) is 42.5 Å². The second-order valence-corrected chi connectivity index (χ2v) is 7.05. The highest BCUT2D eigenvalue weighted by Crippen LogP contribution is 2.37. The number of amides is 2. The Hall–Kier alpha value is -3.28. The molecule has 0 bridgehead atoms. The van der Waals surface area contributed by atoms with E-state index < -0.39 is 41.2 Å². The molecule has 12 heteroatoms. The van der Waals surface area contributed by atoms with Gasteiger partial charge in [0.1, 0.15) is 5.75 Å². The largest absolute Gasteiger partial charge is 0.416 e. The van der Waals surface area contributed by atoms with E-state index in [9.17, 15) is 35.9 Å². The summed E-state index contributed by atoms with van der Waals surface area (Å²) in [6.45, 7) is 5.44. The first-order chi connectivity index (χ1) is 15.9.